The maximum atomic E-state index is 8.88. The SMILES string of the molecule is O=P(O)(O)O.[3Fe].[LiH]. The summed E-state index contributed by atoms with van der Waals surface area (Å²) in [5.41, 5.74) is 0. The molecule has 0 aromatic heterocycles. The van der Waals surface area contributed by atoms with E-state index in [0.29, 0.717) is 0 Å². The van der Waals surface area contributed by atoms with Crippen molar-refractivity contribution in [2.24, 2.45) is 0 Å². The molecule has 0 saturated carbocycles. The zero-order valence-corrected chi connectivity index (χ0v) is 4.55. The van der Waals surface area contributed by atoms with Gasteiger partial charge in [0.1, 0.15) is 0 Å². The van der Waals surface area contributed by atoms with Crippen LogP contribution < -0.4 is 0 Å². The number of phosphoric acid groups is 1. The van der Waals surface area contributed by atoms with Crippen LogP contribution in [-0.4, -0.2) is 33.5 Å². The van der Waals surface area contributed by atoms with Gasteiger partial charge in [-0.25, -0.2) is 4.57 Å². The Morgan fingerprint density at radius 1 is 1.14 bits per heavy atom. The van der Waals surface area contributed by atoms with Gasteiger partial charge in [0.25, 0.3) is 0 Å². The zero-order valence-electron chi connectivity index (χ0n) is 2.55. The van der Waals surface area contributed by atoms with Crippen LogP contribution in [0, 0.1) is 0 Å². The first-order chi connectivity index (χ1) is 2.00. The quantitative estimate of drug-likeness (QED) is 0.259. The minimum absolute atomic E-state index is 0. The van der Waals surface area contributed by atoms with Crippen molar-refractivity contribution in [2.45, 2.75) is 0 Å². The molecule has 0 unspecified atom stereocenters. The Hall–Kier alpha value is 1.23. The van der Waals surface area contributed by atoms with Gasteiger partial charge in [0.2, 0.25) is 0 Å². The average Bonchev–Trinajstić information content (AvgIpc) is 0.722. The predicted molar refractivity (Wildman–Crippen MR) is 21.4 cm³/mol. The van der Waals surface area contributed by atoms with E-state index in [-0.39, 0.29) is 35.9 Å². The van der Waals surface area contributed by atoms with Crippen LogP contribution in [0.5, 0.6) is 0 Å². The molecule has 42 valence electrons. The molecule has 0 aromatic rings. The van der Waals surface area contributed by atoms with Gasteiger partial charge in [-0.2, -0.15) is 0 Å². The molecule has 0 aliphatic heterocycles. The Labute approximate surface area is 63.2 Å². The van der Waals surface area contributed by atoms with Crippen LogP contribution in [0.4, 0.5) is 0 Å². The van der Waals surface area contributed by atoms with E-state index in [1.165, 1.54) is 0 Å². The molecule has 7 heteroatoms. The molecule has 0 heterocycles. The molecule has 4 nitrogen and oxygen atoms in total. The molecular weight excluding hydrogens is 105 g/mol. The van der Waals surface area contributed by atoms with Crippen molar-refractivity contribution < 1.29 is 36.3 Å². The first-order valence-electron chi connectivity index (χ1n) is 0.783. The second-order valence-electron chi connectivity index (χ2n) is 0.513. The summed E-state index contributed by atoms with van der Waals surface area (Å²) in [6.07, 6.45) is 0. The van der Waals surface area contributed by atoms with Crippen LogP contribution in [0.2, 0.25) is 0 Å². The molecule has 0 rings (SSSR count). The molecule has 0 spiro atoms. The number of rotatable bonds is 0. The van der Waals surface area contributed by atoms with Crippen molar-refractivity contribution >= 4 is 26.7 Å². The summed E-state index contributed by atoms with van der Waals surface area (Å²) in [6, 6.07) is 0. The van der Waals surface area contributed by atoms with E-state index in [1.54, 1.807) is 0 Å². The van der Waals surface area contributed by atoms with E-state index in [9.17, 15) is 0 Å². The van der Waals surface area contributed by atoms with Gasteiger partial charge in [-0.1, -0.05) is 0 Å². The summed E-state index contributed by atoms with van der Waals surface area (Å²) in [5, 5.41) is 0. The minimum atomic E-state index is -4.64. The Morgan fingerprint density at radius 3 is 1.14 bits per heavy atom. The van der Waals surface area contributed by atoms with E-state index in [2.05, 4.69) is 0 Å². The Kier molecular flexibility index (Phi) is 12.1. The standard InChI is InChI=1S/Fe.Li.H3O4P.H/c;;1-5(2,3)4;/h;;(H3,1,2,3,4);/i1-53;;;. The van der Waals surface area contributed by atoms with Gasteiger partial charge in [-0.15, -0.1) is 0 Å². The molecule has 3 N–H and O–H groups in total. The second-order valence-corrected chi connectivity index (χ2v) is 1.54. The fourth-order valence-corrected chi connectivity index (χ4v) is 0. The second kappa shape index (κ2) is 5.37. The molecule has 7 heavy (non-hydrogen) atoms. The van der Waals surface area contributed by atoms with Crippen LogP contribution in [0.25, 0.3) is 0 Å². The van der Waals surface area contributed by atoms with E-state index < -0.39 is 7.82 Å². The molecule has 0 amide bonds. The van der Waals surface area contributed by atoms with Gasteiger partial charge < -0.3 is 14.7 Å². The molecule has 0 aliphatic rings. The van der Waals surface area contributed by atoms with E-state index in [0.717, 1.165) is 0 Å². The third-order valence-corrected chi connectivity index (χ3v) is 0. The fraction of sp³-hybridized carbons (Fsp3) is 0. The molecule has 0 aromatic carbocycles. The Balaban J connectivity index is -0.0000000800. The van der Waals surface area contributed by atoms with E-state index >= 15 is 0 Å². The topological polar surface area (TPSA) is 77.8 Å². The predicted octanol–water partition coefficient (Wildman–Crippen LogP) is -1.58. The van der Waals surface area contributed by atoms with Gasteiger partial charge in [0.15, 0.2) is 0 Å². The normalized spacial score (nSPS) is 8.43. The first kappa shape index (κ1) is 15.7. The summed E-state index contributed by atoms with van der Waals surface area (Å²) >= 11 is 0. The first-order valence-corrected chi connectivity index (χ1v) is 2.35. The molecule has 0 aliphatic carbocycles. The number of hydrogen-bond acceptors (Lipinski definition) is 1. The van der Waals surface area contributed by atoms with Gasteiger partial charge >= 0.3 is 26.7 Å². The van der Waals surface area contributed by atoms with Gasteiger partial charge in [0, 0.05) is 17.1 Å². The van der Waals surface area contributed by atoms with Crippen molar-refractivity contribution in [3.8, 4) is 0 Å². The zero-order chi connectivity index (χ0) is 4.50. The Morgan fingerprint density at radius 2 is 1.14 bits per heavy atom. The van der Waals surface area contributed by atoms with Gasteiger partial charge in [-0.3, -0.25) is 0 Å². The van der Waals surface area contributed by atoms with Crippen molar-refractivity contribution in [1.29, 1.82) is 0 Å². The van der Waals surface area contributed by atoms with Crippen molar-refractivity contribution in [2.75, 3.05) is 0 Å². The van der Waals surface area contributed by atoms with Crippen LogP contribution in [-0.2, 0) is 21.6 Å². The van der Waals surface area contributed by atoms with E-state index in [4.69, 9.17) is 19.2 Å². The monoisotopic (exact) mass is 109 g/mol. The number of hydrogen-bond donors (Lipinski definition) is 3. The van der Waals surface area contributed by atoms with Crippen molar-refractivity contribution in [3.63, 3.8) is 0 Å². The van der Waals surface area contributed by atoms with Crippen LogP contribution in [0.1, 0.15) is 0 Å². The fourth-order valence-electron chi connectivity index (χ4n) is 0. The van der Waals surface area contributed by atoms with Gasteiger partial charge in [0.05, 0.1) is 0 Å². The van der Waals surface area contributed by atoms with Crippen LogP contribution >= 0.6 is 7.82 Å². The molecule has 0 saturated heterocycles. The van der Waals surface area contributed by atoms with Gasteiger partial charge in [-0.05, 0) is 0 Å². The molecule has 0 atom stereocenters. The third kappa shape index (κ3) is 131. The molecule has 0 radical (unpaired) electrons. The van der Waals surface area contributed by atoms with Crippen LogP contribution in [0.15, 0.2) is 0 Å². The van der Waals surface area contributed by atoms with Crippen molar-refractivity contribution in [3.05, 3.63) is 0 Å². The van der Waals surface area contributed by atoms with Crippen molar-refractivity contribution in [1.82, 2.24) is 0 Å². The summed E-state index contributed by atoms with van der Waals surface area (Å²) in [5.74, 6) is 0. The summed E-state index contributed by atoms with van der Waals surface area (Å²) in [4.78, 5) is 21.6. The molecule has 0 bridgehead atoms. The third-order valence-electron chi connectivity index (χ3n) is 0. The average molecular weight is 109 g/mol. The van der Waals surface area contributed by atoms with Crippen LogP contribution in [0.3, 0.4) is 0 Å². The maximum absolute atomic E-state index is 8.88. The molecule has 0 fully saturated rings. The Bertz CT molecular complexity index is 57.8. The summed E-state index contributed by atoms with van der Waals surface area (Å²) < 4.78 is 8.88. The summed E-state index contributed by atoms with van der Waals surface area (Å²) in [6.45, 7) is 0. The molecular formula is H4FeLiO4P. The summed E-state index contributed by atoms with van der Waals surface area (Å²) in [7, 11) is -4.64. The van der Waals surface area contributed by atoms with E-state index in [1.807, 2.05) is 0 Å².